The fraction of sp³-hybridized carbons (Fsp3) is 0.263. The van der Waals surface area contributed by atoms with E-state index < -0.39 is 0 Å². The highest BCUT2D eigenvalue weighted by Crippen LogP contribution is 2.29. The lowest BCUT2D eigenvalue weighted by Crippen LogP contribution is -2.11. The molecule has 130 valence electrons. The van der Waals surface area contributed by atoms with E-state index in [0.717, 1.165) is 22.4 Å². The van der Waals surface area contributed by atoms with Crippen molar-refractivity contribution in [3.8, 4) is 0 Å². The van der Waals surface area contributed by atoms with Crippen molar-refractivity contribution in [2.45, 2.75) is 29.6 Å². The summed E-state index contributed by atoms with van der Waals surface area (Å²) >= 11 is 5.03. The molecule has 3 nitrogen and oxygen atoms in total. The molecular weight excluding hydrogens is 368 g/mol. The summed E-state index contributed by atoms with van der Waals surface area (Å²) in [4.78, 5) is 19.1. The normalized spacial score (nSPS) is 11.0. The van der Waals surface area contributed by atoms with Gasteiger partial charge >= 0.3 is 0 Å². The lowest BCUT2D eigenvalue weighted by Gasteiger charge is -2.03. The summed E-state index contributed by atoms with van der Waals surface area (Å²) in [7, 11) is 0. The number of nitrogens with one attached hydrogen (secondary N) is 1. The van der Waals surface area contributed by atoms with E-state index in [2.05, 4.69) is 59.9 Å². The molecule has 0 radical (unpaired) electrons. The van der Waals surface area contributed by atoms with Gasteiger partial charge in [-0.15, -0.1) is 23.5 Å². The molecule has 1 amide bonds. The maximum absolute atomic E-state index is 12.1. The summed E-state index contributed by atoms with van der Waals surface area (Å²) in [6.07, 6.45) is 3.43. The second kappa shape index (κ2) is 8.74. The summed E-state index contributed by atoms with van der Waals surface area (Å²) in [5, 5.41) is 3.61. The van der Waals surface area contributed by atoms with Crippen LogP contribution in [0.2, 0.25) is 0 Å². The summed E-state index contributed by atoms with van der Waals surface area (Å²) in [6.45, 7) is 2.09. The first-order chi connectivity index (χ1) is 12.1. The summed E-state index contributed by atoms with van der Waals surface area (Å²) in [5.74, 6) is 0.974. The van der Waals surface area contributed by atoms with Crippen LogP contribution in [0.4, 0.5) is 5.13 Å². The fourth-order valence-electron chi connectivity index (χ4n) is 2.32. The molecule has 0 fully saturated rings. The molecule has 0 saturated carbocycles. The molecule has 1 aromatic heterocycles. The Balaban J connectivity index is 1.46. The molecule has 0 unspecified atom stereocenters. The van der Waals surface area contributed by atoms with Crippen LogP contribution in [0.3, 0.4) is 0 Å². The number of fused-ring (bicyclic) bond motifs is 1. The zero-order chi connectivity index (χ0) is 17.6. The Labute approximate surface area is 160 Å². The van der Waals surface area contributed by atoms with Crippen LogP contribution >= 0.6 is 34.9 Å². The Hall–Kier alpha value is -1.50. The third-order valence-electron chi connectivity index (χ3n) is 3.68. The molecule has 1 N–H and O–H groups in total. The first-order valence-corrected chi connectivity index (χ1v) is 11.1. The van der Waals surface area contributed by atoms with Gasteiger partial charge < -0.3 is 5.32 Å². The van der Waals surface area contributed by atoms with Crippen LogP contribution < -0.4 is 5.32 Å². The van der Waals surface area contributed by atoms with Crippen molar-refractivity contribution in [3.05, 3.63) is 48.0 Å². The lowest BCUT2D eigenvalue weighted by atomic mass is 10.2. The number of aromatic nitrogens is 1. The summed E-state index contributed by atoms with van der Waals surface area (Å²) < 4.78 is 1.11. The van der Waals surface area contributed by atoms with Crippen LogP contribution in [-0.2, 0) is 4.79 Å². The number of anilines is 1. The molecule has 0 saturated heterocycles. The van der Waals surface area contributed by atoms with Crippen LogP contribution in [0.1, 0.15) is 18.4 Å². The van der Waals surface area contributed by atoms with Crippen molar-refractivity contribution in [2.24, 2.45) is 0 Å². The van der Waals surface area contributed by atoms with Crippen LogP contribution in [0, 0.1) is 6.92 Å². The zero-order valence-corrected chi connectivity index (χ0v) is 16.7. The number of hydrogen-bond donors (Lipinski definition) is 1. The summed E-state index contributed by atoms with van der Waals surface area (Å²) in [5.41, 5.74) is 2.21. The molecule has 0 spiro atoms. The number of thiazole rings is 1. The number of aryl methyl sites for hydroxylation is 1. The van der Waals surface area contributed by atoms with Gasteiger partial charge in [0.2, 0.25) is 5.91 Å². The predicted molar refractivity (Wildman–Crippen MR) is 111 cm³/mol. The van der Waals surface area contributed by atoms with Gasteiger partial charge in [0, 0.05) is 16.2 Å². The molecule has 0 aliphatic heterocycles. The molecular formula is C19H20N2OS3. The molecule has 0 aliphatic carbocycles. The van der Waals surface area contributed by atoms with E-state index in [0.29, 0.717) is 11.6 Å². The van der Waals surface area contributed by atoms with Crippen molar-refractivity contribution in [3.63, 3.8) is 0 Å². The van der Waals surface area contributed by atoms with Gasteiger partial charge in [-0.25, -0.2) is 4.98 Å². The Morgan fingerprint density at radius 1 is 1.16 bits per heavy atom. The van der Waals surface area contributed by atoms with Crippen molar-refractivity contribution in [1.29, 1.82) is 0 Å². The molecule has 3 rings (SSSR count). The highest BCUT2D eigenvalue weighted by Gasteiger charge is 2.08. The Bertz CT molecular complexity index is 859. The second-order valence-electron chi connectivity index (χ2n) is 5.67. The van der Waals surface area contributed by atoms with E-state index in [4.69, 9.17) is 0 Å². The van der Waals surface area contributed by atoms with Gasteiger partial charge in [0.05, 0.1) is 10.2 Å². The molecule has 1 heterocycles. The highest BCUT2D eigenvalue weighted by molar-refractivity contribution is 7.99. The molecule has 0 aliphatic rings. The first kappa shape index (κ1) is 18.3. The van der Waals surface area contributed by atoms with Crippen LogP contribution in [-0.4, -0.2) is 22.9 Å². The number of benzene rings is 2. The van der Waals surface area contributed by atoms with Crippen LogP contribution in [0.25, 0.3) is 10.2 Å². The third-order valence-corrected chi connectivity index (χ3v) is 6.44. The highest BCUT2D eigenvalue weighted by atomic mass is 32.2. The van der Waals surface area contributed by atoms with Crippen molar-refractivity contribution < 1.29 is 4.79 Å². The maximum Gasteiger partial charge on any atom is 0.226 e. The van der Waals surface area contributed by atoms with Gasteiger partial charge in [-0.2, -0.15) is 0 Å². The van der Waals surface area contributed by atoms with E-state index >= 15 is 0 Å². The Kier molecular flexibility index (Phi) is 6.39. The van der Waals surface area contributed by atoms with Crippen molar-refractivity contribution >= 4 is 56.1 Å². The predicted octanol–water partition coefficient (Wildman–Crippen LogP) is 5.84. The molecule has 3 aromatic rings. The van der Waals surface area contributed by atoms with E-state index in [1.54, 1.807) is 23.5 Å². The topological polar surface area (TPSA) is 42.0 Å². The van der Waals surface area contributed by atoms with Gasteiger partial charge in [0.15, 0.2) is 5.13 Å². The monoisotopic (exact) mass is 388 g/mol. The average molecular weight is 389 g/mol. The molecule has 2 aromatic carbocycles. The SMILES string of the molecule is CSc1ccc2nc(NC(=O)CCCSc3ccc(C)cc3)sc2c1. The van der Waals surface area contributed by atoms with Gasteiger partial charge in [-0.05, 0) is 55.7 Å². The fourth-order valence-corrected chi connectivity index (χ4v) is 4.61. The summed E-state index contributed by atoms with van der Waals surface area (Å²) in [6, 6.07) is 14.7. The van der Waals surface area contributed by atoms with Crippen molar-refractivity contribution in [1.82, 2.24) is 4.98 Å². The third kappa shape index (κ3) is 5.23. The van der Waals surface area contributed by atoms with Crippen LogP contribution in [0.5, 0.6) is 0 Å². The lowest BCUT2D eigenvalue weighted by molar-refractivity contribution is -0.116. The quantitative estimate of drug-likeness (QED) is 0.408. The average Bonchev–Trinajstić information content (AvgIpc) is 3.01. The van der Waals surface area contributed by atoms with E-state index in [-0.39, 0.29) is 5.91 Å². The van der Waals surface area contributed by atoms with Gasteiger partial charge in [0.1, 0.15) is 0 Å². The zero-order valence-electron chi connectivity index (χ0n) is 14.2. The van der Waals surface area contributed by atoms with E-state index in [1.165, 1.54) is 26.7 Å². The number of amides is 1. The molecule has 0 atom stereocenters. The Morgan fingerprint density at radius 2 is 1.92 bits per heavy atom. The van der Waals surface area contributed by atoms with Gasteiger partial charge in [-0.1, -0.05) is 29.0 Å². The molecule has 25 heavy (non-hydrogen) atoms. The largest absolute Gasteiger partial charge is 0.302 e. The van der Waals surface area contributed by atoms with Gasteiger partial charge in [-0.3, -0.25) is 4.79 Å². The Morgan fingerprint density at radius 3 is 2.68 bits per heavy atom. The minimum atomic E-state index is 0.0358. The number of thioether (sulfide) groups is 2. The number of rotatable bonds is 7. The van der Waals surface area contributed by atoms with E-state index in [1.807, 2.05) is 6.07 Å². The standard InChI is InChI=1S/C19H20N2OS3/c1-13-5-7-14(8-6-13)24-11-3-4-18(22)21-19-20-16-10-9-15(23-2)12-17(16)25-19/h5-10,12H,3-4,11H2,1-2H3,(H,20,21,22). The van der Waals surface area contributed by atoms with Crippen molar-refractivity contribution in [2.75, 3.05) is 17.3 Å². The minimum Gasteiger partial charge on any atom is -0.302 e. The number of carbonyl (C=O) groups is 1. The second-order valence-corrected chi connectivity index (χ2v) is 8.74. The first-order valence-electron chi connectivity index (χ1n) is 8.08. The number of hydrogen-bond acceptors (Lipinski definition) is 5. The number of nitrogens with zero attached hydrogens (tertiary/aromatic N) is 1. The number of carbonyl (C=O) groups excluding carboxylic acids is 1. The van der Waals surface area contributed by atoms with Gasteiger partial charge in [0.25, 0.3) is 0 Å². The molecule has 0 bridgehead atoms. The maximum atomic E-state index is 12.1. The van der Waals surface area contributed by atoms with Crippen LogP contribution in [0.15, 0.2) is 52.3 Å². The molecule has 6 heteroatoms. The van der Waals surface area contributed by atoms with E-state index in [9.17, 15) is 4.79 Å². The smallest absolute Gasteiger partial charge is 0.226 e. The minimum absolute atomic E-state index is 0.0358.